The summed E-state index contributed by atoms with van der Waals surface area (Å²) >= 11 is 0. The highest BCUT2D eigenvalue weighted by Crippen LogP contribution is 2.41. The second-order valence-corrected chi connectivity index (χ2v) is 3.75. The minimum absolute atomic E-state index is 0.0162. The van der Waals surface area contributed by atoms with Gasteiger partial charge in [0, 0.05) is 14.2 Å². The lowest BCUT2D eigenvalue weighted by molar-refractivity contribution is -0.161. The van der Waals surface area contributed by atoms with Gasteiger partial charge < -0.3 is 18.9 Å². The summed E-state index contributed by atoms with van der Waals surface area (Å²) in [4.78, 5) is 0. The highest BCUT2D eigenvalue weighted by molar-refractivity contribution is 5.07. The summed E-state index contributed by atoms with van der Waals surface area (Å²) in [5, 5.41) is 0. The number of methoxy groups -OCH3 is 2. The highest BCUT2D eigenvalue weighted by atomic mass is 16.7. The predicted molar refractivity (Wildman–Crippen MR) is 45.7 cm³/mol. The molecule has 4 nitrogen and oxygen atoms in total. The summed E-state index contributed by atoms with van der Waals surface area (Å²) in [5.41, 5.74) is -0.367. The third kappa shape index (κ3) is 1.21. The summed E-state index contributed by atoms with van der Waals surface area (Å²) in [6.45, 7) is 3.12. The van der Waals surface area contributed by atoms with E-state index < -0.39 is 0 Å². The largest absolute Gasteiger partial charge is 0.381 e. The molecule has 0 radical (unpaired) electrons. The van der Waals surface area contributed by atoms with E-state index in [2.05, 4.69) is 0 Å². The first-order chi connectivity index (χ1) is 6.23. The number of hydrogen-bond donors (Lipinski definition) is 0. The third-order valence-electron chi connectivity index (χ3n) is 2.86. The Bertz CT molecular complexity index is 196. The van der Waals surface area contributed by atoms with E-state index >= 15 is 0 Å². The SMILES string of the molecule is COCC12COC(C(C)O1)C2OC. The average Bonchev–Trinajstić information content (AvgIpc) is 2.55. The molecule has 2 saturated heterocycles. The molecular formula is C9H16O4. The fourth-order valence-corrected chi connectivity index (χ4v) is 2.38. The molecule has 0 spiro atoms. The van der Waals surface area contributed by atoms with Crippen molar-refractivity contribution in [2.75, 3.05) is 27.4 Å². The van der Waals surface area contributed by atoms with Gasteiger partial charge in [-0.05, 0) is 6.92 Å². The topological polar surface area (TPSA) is 36.9 Å². The summed E-state index contributed by atoms with van der Waals surface area (Å²) < 4.78 is 21.9. The number of ether oxygens (including phenoxy) is 4. The molecule has 2 aliphatic rings. The fraction of sp³-hybridized carbons (Fsp3) is 1.00. The maximum atomic E-state index is 5.82. The van der Waals surface area contributed by atoms with Crippen molar-refractivity contribution < 1.29 is 18.9 Å². The van der Waals surface area contributed by atoms with E-state index in [4.69, 9.17) is 18.9 Å². The van der Waals surface area contributed by atoms with E-state index in [-0.39, 0.29) is 23.9 Å². The van der Waals surface area contributed by atoms with E-state index in [0.29, 0.717) is 13.2 Å². The first kappa shape index (κ1) is 9.40. The molecule has 0 N–H and O–H groups in total. The van der Waals surface area contributed by atoms with Crippen molar-refractivity contribution in [1.82, 2.24) is 0 Å². The molecule has 0 aromatic carbocycles. The smallest absolute Gasteiger partial charge is 0.144 e. The van der Waals surface area contributed by atoms with Gasteiger partial charge in [-0.15, -0.1) is 0 Å². The van der Waals surface area contributed by atoms with Crippen LogP contribution in [0.4, 0.5) is 0 Å². The van der Waals surface area contributed by atoms with Crippen LogP contribution in [0.25, 0.3) is 0 Å². The van der Waals surface area contributed by atoms with Gasteiger partial charge in [0.25, 0.3) is 0 Å². The zero-order valence-electron chi connectivity index (χ0n) is 8.28. The summed E-state index contributed by atoms with van der Waals surface area (Å²) in [6, 6.07) is 0. The third-order valence-corrected chi connectivity index (χ3v) is 2.86. The van der Waals surface area contributed by atoms with E-state index in [1.54, 1.807) is 14.2 Å². The maximum Gasteiger partial charge on any atom is 0.144 e. The molecule has 4 unspecified atom stereocenters. The summed E-state index contributed by atoms with van der Waals surface area (Å²) in [5.74, 6) is 0. The van der Waals surface area contributed by atoms with Gasteiger partial charge in [-0.2, -0.15) is 0 Å². The molecule has 4 atom stereocenters. The predicted octanol–water partition coefficient (Wildman–Crippen LogP) is 0.204. The van der Waals surface area contributed by atoms with E-state index in [1.165, 1.54) is 0 Å². The monoisotopic (exact) mass is 188 g/mol. The molecule has 0 amide bonds. The van der Waals surface area contributed by atoms with Crippen molar-refractivity contribution in [3.05, 3.63) is 0 Å². The normalized spacial score (nSPS) is 48.7. The Hall–Kier alpha value is -0.160. The first-order valence-electron chi connectivity index (χ1n) is 4.54. The Morgan fingerprint density at radius 1 is 1.46 bits per heavy atom. The van der Waals surface area contributed by atoms with Crippen molar-refractivity contribution in [1.29, 1.82) is 0 Å². The minimum atomic E-state index is -0.367. The number of fused-ring (bicyclic) bond motifs is 2. The first-order valence-corrected chi connectivity index (χ1v) is 4.54. The molecule has 2 rings (SSSR count). The molecule has 76 valence electrons. The van der Waals surface area contributed by atoms with Crippen LogP contribution in [0.3, 0.4) is 0 Å². The van der Waals surface area contributed by atoms with Crippen LogP contribution in [0, 0.1) is 0 Å². The Morgan fingerprint density at radius 2 is 2.23 bits per heavy atom. The highest BCUT2D eigenvalue weighted by Gasteiger charge is 2.60. The van der Waals surface area contributed by atoms with E-state index in [9.17, 15) is 0 Å². The lowest BCUT2D eigenvalue weighted by Crippen LogP contribution is -2.45. The quantitative estimate of drug-likeness (QED) is 0.634. The van der Waals surface area contributed by atoms with Gasteiger partial charge in [-0.25, -0.2) is 0 Å². The number of rotatable bonds is 3. The van der Waals surface area contributed by atoms with Crippen molar-refractivity contribution in [2.24, 2.45) is 0 Å². The number of hydrogen-bond acceptors (Lipinski definition) is 4. The Labute approximate surface area is 78.1 Å². The fourth-order valence-electron chi connectivity index (χ4n) is 2.38. The second-order valence-electron chi connectivity index (χ2n) is 3.75. The molecule has 0 saturated carbocycles. The van der Waals surface area contributed by atoms with Crippen molar-refractivity contribution in [3.8, 4) is 0 Å². The van der Waals surface area contributed by atoms with Gasteiger partial charge in [-0.1, -0.05) is 0 Å². The zero-order valence-corrected chi connectivity index (χ0v) is 8.28. The molecule has 4 heteroatoms. The molecule has 2 heterocycles. The lowest BCUT2D eigenvalue weighted by atomic mass is 10.00. The van der Waals surface area contributed by atoms with Gasteiger partial charge in [0.1, 0.15) is 17.8 Å². The molecular weight excluding hydrogens is 172 g/mol. The second kappa shape index (κ2) is 3.20. The lowest BCUT2D eigenvalue weighted by Gasteiger charge is -2.29. The maximum absolute atomic E-state index is 5.82. The Kier molecular flexibility index (Phi) is 2.32. The van der Waals surface area contributed by atoms with Gasteiger partial charge in [-0.3, -0.25) is 0 Å². The van der Waals surface area contributed by atoms with Crippen molar-refractivity contribution in [3.63, 3.8) is 0 Å². The summed E-state index contributed by atoms with van der Waals surface area (Å²) in [7, 11) is 3.36. The molecule has 2 fully saturated rings. The van der Waals surface area contributed by atoms with Crippen LogP contribution in [-0.2, 0) is 18.9 Å². The molecule has 0 aromatic heterocycles. The van der Waals surface area contributed by atoms with Crippen LogP contribution in [0.5, 0.6) is 0 Å². The van der Waals surface area contributed by atoms with Crippen LogP contribution in [0.1, 0.15) is 6.92 Å². The van der Waals surface area contributed by atoms with Gasteiger partial charge in [0.05, 0.1) is 19.3 Å². The molecule has 0 aliphatic carbocycles. The minimum Gasteiger partial charge on any atom is -0.381 e. The van der Waals surface area contributed by atoms with Gasteiger partial charge >= 0.3 is 0 Å². The molecule has 2 bridgehead atoms. The average molecular weight is 188 g/mol. The van der Waals surface area contributed by atoms with Crippen molar-refractivity contribution >= 4 is 0 Å². The Balaban J connectivity index is 2.17. The van der Waals surface area contributed by atoms with Crippen LogP contribution < -0.4 is 0 Å². The van der Waals surface area contributed by atoms with E-state index in [0.717, 1.165) is 0 Å². The van der Waals surface area contributed by atoms with E-state index in [1.807, 2.05) is 6.92 Å². The Morgan fingerprint density at radius 3 is 2.77 bits per heavy atom. The van der Waals surface area contributed by atoms with Crippen LogP contribution in [0.15, 0.2) is 0 Å². The van der Waals surface area contributed by atoms with Gasteiger partial charge in [0.15, 0.2) is 0 Å². The molecule has 0 aromatic rings. The summed E-state index contributed by atoms with van der Waals surface area (Å²) in [6.07, 6.45) is 0.191. The molecule has 2 aliphatic heterocycles. The molecule has 13 heavy (non-hydrogen) atoms. The standard InChI is InChI=1S/C9H16O4/c1-6-7-8(11-3)9(13-6,4-10-2)5-12-7/h6-8H,4-5H2,1-3H3. The zero-order chi connectivity index (χ0) is 9.47. The van der Waals surface area contributed by atoms with Crippen LogP contribution in [-0.4, -0.2) is 51.3 Å². The van der Waals surface area contributed by atoms with Crippen LogP contribution >= 0.6 is 0 Å². The van der Waals surface area contributed by atoms with Crippen molar-refractivity contribution in [2.45, 2.75) is 30.8 Å². The van der Waals surface area contributed by atoms with Crippen LogP contribution in [0.2, 0.25) is 0 Å². The van der Waals surface area contributed by atoms with Gasteiger partial charge in [0.2, 0.25) is 0 Å².